The normalized spacial score (nSPS) is 38.9. The number of aliphatic hydroxyl groups excluding tert-OH is 3. The van der Waals surface area contributed by atoms with Crippen molar-refractivity contribution in [2.45, 2.75) is 44.5 Å². The third-order valence-electron chi connectivity index (χ3n) is 3.36. The third kappa shape index (κ3) is 2.18. The van der Waals surface area contributed by atoms with E-state index in [1.54, 1.807) is 0 Å². The summed E-state index contributed by atoms with van der Waals surface area (Å²) in [7, 11) is 0. The molecule has 18 heavy (non-hydrogen) atoms. The largest absolute Gasteiger partial charge is 0.454 e. The molecule has 0 radical (unpaired) electrons. The Kier molecular flexibility index (Phi) is 4.06. The molecule has 104 valence electrons. The van der Waals surface area contributed by atoms with Gasteiger partial charge in [0, 0.05) is 13.1 Å². The molecule has 0 aromatic carbocycles. The van der Waals surface area contributed by atoms with Crippen molar-refractivity contribution in [1.82, 2.24) is 4.90 Å². The number of rotatable bonds is 3. The fourth-order valence-corrected chi connectivity index (χ4v) is 2.21. The van der Waals surface area contributed by atoms with Gasteiger partial charge in [-0.3, -0.25) is 0 Å². The van der Waals surface area contributed by atoms with Crippen LogP contribution >= 0.6 is 0 Å². The van der Waals surface area contributed by atoms with E-state index in [1.165, 1.54) is 0 Å². The van der Waals surface area contributed by atoms with E-state index in [0.29, 0.717) is 6.02 Å². The summed E-state index contributed by atoms with van der Waals surface area (Å²) in [5.41, 5.74) is 0. The molecule has 7 heteroatoms. The van der Waals surface area contributed by atoms with Crippen molar-refractivity contribution in [3.8, 4) is 0 Å². The lowest BCUT2D eigenvalue weighted by Crippen LogP contribution is -2.57. The SMILES string of the molecule is CCN(CC)C1=N[C@@H]2O[C@H](CO)[C@@H](O)[C@H](O)[C@H]2O1. The summed E-state index contributed by atoms with van der Waals surface area (Å²) in [6.07, 6.45) is -4.49. The van der Waals surface area contributed by atoms with Gasteiger partial charge < -0.3 is 29.7 Å². The number of nitrogens with zero attached hydrogens (tertiary/aromatic N) is 2. The van der Waals surface area contributed by atoms with Gasteiger partial charge in [0.05, 0.1) is 6.61 Å². The summed E-state index contributed by atoms with van der Waals surface area (Å²) in [4.78, 5) is 6.15. The minimum atomic E-state index is -1.16. The summed E-state index contributed by atoms with van der Waals surface area (Å²) >= 11 is 0. The fourth-order valence-electron chi connectivity index (χ4n) is 2.21. The van der Waals surface area contributed by atoms with Crippen molar-refractivity contribution in [1.29, 1.82) is 0 Å². The van der Waals surface area contributed by atoms with Gasteiger partial charge in [-0.25, -0.2) is 0 Å². The molecule has 0 unspecified atom stereocenters. The van der Waals surface area contributed by atoms with Crippen LogP contribution in [-0.2, 0) is 9.47 Å². The molecule has 2 heterocycles. The summed E-state index contributed by atoms with van der Waals surface area (Å²) < 4.78 is 11.0. The summed E-state index contributed by atoms with van der Waals surface area (Å²) in [5.74, 6) is 0. The third-order valence-corrected chi connectivity index (χ3v) is 3.36. The first-order chi connectivity index (χ1) is 8.62. The number of ether oxygens (including phenoxy) is 2. The van der Waals surface area contributed by atoms with E-state index < -0.39 is 30.6 Å². The average Bonchev–Trinajstić information content (AvgIpc) is 2.79. The van der Waals surface area contributed by atoms with Gasteiger partial charge in [0.15, 0.2) is 12.3 Å². The van der Waals surface area contributed by atoms with Crippen LogP contribution in [0.4, 0.5) is 0 Å². The van der Waals surface area contributed by atoms with Crippen LogP contribution < -0.4 is 0 Å². The second-order valence-electron chi connectivity index (χ2n) is 4.40. The smallest absolute Gasteiger partial charge is 0.290 e. The molecule has 0 amide bonds. The number of aliphatic hydroxyl groups is 3. The van der Waals surface area contributed by atoms with Crippen LogP contribution in [0.15, 0.2) is 4.99 Å². The van der Waals surface area contributed by atoms with E-state index in [1.807, 2.05) is 18.7 Å². The summed E-state index contributed by atoms with van der Waals surface area (Å²) in [5, 5.41) is 28.8. The zero-order valence-electron chi connectivity index (χ0n) is 10.6. The molecule has 5 atom stereocenters. The molecule has 1 fully saturated rings. The number of hydrogen-bond acceptors (Lipinski definition) is 7. The monoisotopic (exact) mass is 260 g/mol. The van der Waals surface area contributed by atoms with E-state index in [2.05, 4.69) is 4.99 Å². The minimum absolute atomic E-state index is 0.364. The first-order valence-electron chi connectivity index (χ1n) is 6.24. The topological polar surface area (TPSA) is 94.8 Å². The van der Waals surface area contributed by atoms with Crippen molar-refractivity contribution in [3.63, 3.8) is 0 Å². The van der Waals surface area contributed by atoms with Crippen LogP contribution in [0.5, 0.6) is 0 Å². The number of fused-ring (bicyclic) bond motifs is 1. The molecule has 7 nitrogen and oxygen atoms in total. The molecule has 2 aliphatic rings. The highest BCUT2D eigenvalue weighted by Gasteiger charge is 2.49. The van der Waals surface area contributed by atoms with E-state index in [-0.39, 0.29) is 6.61 Å². The molecule has 1 saturated heterocycles. The second kappa shape index (κ2) is 5.40. The Labute approximate surface area is 106 Å². The Bertz CT molecular complexity index is 321. The van der Waals surface area contributed by atoms with E-state index >= 15 is 0 Å². The maximum Gasteiger partial charge on any atom is 0.290 e. The van der Waals surface area contributed by atoms with Crippen LogP contribution in [-0.4, -0.2) is 76.6 Å². The number of aliphatic imine (C=N–C) groups is 1. The highest BCUT2D eigenvalue weighted by molar-refractivity contribution is 5.75. The zero-order valence-corrected chi connectivity index (χ0v) is 10.6. The van der Waals surface area contributed by atoms with Gasteiger partial charge in [-0.2, -0.15) is 4.99 Å². The Morgan fingerprint density at radius 1 is 1.22 bits per heavy atom. The average molecular weight is 260 g/mol. The first kappa shape index (κ1) is 13.5. The molecule has 2 rings (SSSR count). The van der Waals surface area contributed by atoms with Gasteiger partial charge >= 0.3 is 0 Å². The molecular formula is C11H20N2O5. The van der Waals surface area contributed by atoms with Gasteiger partial charge in [0.2, 0.25) is 0 Å². The van der Waals surface area contributed by atoms with E-state index in [9.17, 15) is 10.2 Å². The van der Waals surface area contributed by atoms with Crippen LogP contribution in [0, 0.1) is 0 Å². The van der Waals surface area contributed by atoms with Gasteiger partial charge in [-0.15, -0.1) is 0 Å². The van der Waals surface area contributed by atoms with Gasteiger partial charge in [-0.1, -0.05) is 0 Å². The lowest BCUT2D eigenvalue weighted by atomic mass is 9.99. The van der Waals surface area contributed by atoms with E-state index in [0.717, 1.165) is 13.1 Å². The standard InChI is InChI=1S/C11H20N2O5/c1-3-13(4-2)11-12-10-9(18-11)8(16)7(15)6(5-14)17-10/h6-10,14-16H,3-5H2,1-2H3/t6-,7-,8+,9-,10-/m1/s1. The Hall–Kier alpha value is -0.890. The molecule has 0 saturated carbocycles. The molecule has 0 aliphatic carbocycles. The molecular weight excluding hydrogens is 240 g/mol. The number of amidine groups is 1. The predicted molar refractivity (Wildman–Crippen MR) is 63.0 cm³/mol. The predicted octanol–water partition coefficient (Wildman–Crippen LogP) is -1.48. The zero-order chi connectivity index (χ0) is 13.3. The van der Waals surface area contributed by atoms with Crippen LogP contribution in [0.25, 0.3) is 0 Å². The van der Waals surface area contributed by atoms with Crippen molar-refractivity contribution < 1.29 is 24.8 Å². The van der Waals surface area contributed by atoms with Crippen molar-refractivity contribution in [3.05, 3.63) is 0 Å². The summed E-state index contributed by atoms with van der Waals surface area (Å²) in [6, 6.07) is 0.417. The lowest BCUT2D eigenvalue weighted by molar-refractivity contribution is -0.214. The Morgan fingerprint density at radius 3 is 2.44 bits per heavy atom. The first-order valence-corrected chi connectivity index (χ1v) is 6.24. The fraction of sp³-hybridized carbons (Fsp3) is 0.909. The quantitative estimate of drug-likeness (QED) is 0.573. The summed E-state index contributed by atoms with van der Waals surface area (Å²) in [6.45, 7) is 5.05. The Morgan fingerprint density at radius 2 is 1.89 bits per heavy atom. The second-order valence-corrected chi connectivity index (χ2v) is 4.40. The van der Waals surface area contributed by atoms with Gasteiger partial charge in [-0.05, 0) is 13.8 Å². The van der Waals surface area contributed by atoms with Crippen LogP contribution in [0.1, 0.15) is 13.8 Å². The Balaban J connectivity index is 2.12. The highest BCUT2D eigenvalue weighted by Crippen LogP contribution is 2.29. The van der Waals surface area contributed by atoms with Crippen LogP contribution in [0.3, 0.4) is 0 Å². The maximum atomic E-state index is 9.94. The maximum absolute atomic E-state index is 9.94. The lowest BCUT2D eigenvalue weighted by Gasteiger charge is -2.37. The molecule has 0 spiro atoms. The molecule has 0 bridgehead atoms. The van der Waals surface area contributed by atoms with Gasteiger partial charge in [0.25, 0.3) is 6.02 Å². The highest BCUT2D eigenvalue weighted by atomic mass is 16.6. The number of hydrogen-bond donors (Lipinski definition) is 3. The molecule has 0 aromatic heterocycles. The molecule has 3 N–H and O–H groups in total. The van der Waals surface area contributed by atoms with Crippen molar-refractivity contribution in [2.75, 3.05) is 19.7 Å². The van der Waals surface area contributed by atoms with Gasteiger partial charge in [0.1, 0.15) is 18.3 Å². The van der Waals surface area contributed by atoms with Crippen LogP contribution in [0.2, 0.25) is 0 Å². The van der Waals surface area contributed by atoms with Crippen molar-refractivity contribution >= 4 is 6.02 Å². The van der Waals surface area contributed by atoms with Crippen molar-refractivity contribution in [2.24, 2.45) is 4.99 Å². The molecule has 0 aromatic rings. The van der Waals surface area contributed by atoms with E-state index in [4.69, 9.17) is 14.6 Å². The minimum Gasteiger partial charge on any atom is -0.454 e. The molecule has 2 aliphatic heterocycles.